The molecular formula is C23H38F6O5. The Morgan fingerprint density at radius 2 is 1.00 bits per heavy atom. The smallest absolute Gasteiger partial charge is 0.454 e. The Bertz CT molecular complexity index is 734. The summed E-state index contributed by atoms with van der Waals surface area (Å²) in [6.45, 7) is 16.2. The molecule has 5 nitrogen and oxygen atoms in total. The van der Waals surface area contributed by atoms with Crippen LogP contribution in [0.2, 0.25) is 0 Å². The van der Waals surface area contributed by atoms with Gasteiger partial charge in [-0.2, -0.15) is 26.3 Å². The normalized spacial score (nSPS) is 16.5. The Hall–Kier alpha value is -1.68. The lowest BCUT2D eigenvalue weighted by Crippen LogP contribution is -2.72. The van der Waals surface area contributed by atoms with E-state index in [9.17, 15) is 35.9 Å². The van der Waals surface area contributed by atoms with Crippen molar-refractivity contribution in [1.82, 2.24) is 0 Å². The van der Waals surface area contributed by atoms with Crippen LogP contribution in [0.25, 0.3) is 0 Å². The fraction of sp³-hybridized carbons (Fsp3) is 0.913. The molecule has 0 aromatic heterocycles. The van der Waals surface area contributed by atoms with Gasteiger partial charge in [0, 0.05) is 0 Å². The number of halogens is 6. The first-order chi connectivity index (χ1) is 14.4. The molecule has 0 aromatic carbocycles. The number of ether oxygens (including phenoxy) is 3. The summed E-state index contributed by atoms with van der Waals surface area (Å²) in [4.78, 5) is 25.4. The number of hydrogen-bond donors (Lipinski definition) is 0. The molecular weight excluding hydrogens is 470 g/mol. The monoisotopic (exact) mass is 508 g/mol. The molecule has 0 saturated carbocycles. The van der Waals surface area contributed by atoms with Crippen LogP contribution in [0.1, 0.15) is 89.5 Å². The third-order valence-electron chi connectivity index (χ3n) is 5.61. The first-order valence-corrected chi connectivity index (χ1v) is 10.7. The highest BCUT2D eigenvalue weighted by molar-refractivity contribution is 5.78. The number of alkyl halides is 6. The number of rotatable bonds is 5. The summed E-state index contributed by atoms with van der Waals surface area (Å²) in [5, 5.41) is 0. The molecule has 0 radical (unpaired) electrons. The van der Waals surface area contributed by atoms with Crippen LogP contribution in [0.3, 0.4) is 0 Å². The predicted octanol–water partition coefficient (Wildman–Crippen LogP) is 7.61. The van der Waals surface area contributed by atoms with E-state index in [4.69, 9.17) is 4.74 Å². The largest absolute Gasteiger partial charge is 0.510 e. The molecule has 0 aliphatic carbocycles. The van der Waals surface area contributed by atoms with E-state index in [0.717, 1.165) is 0 Å². The van der Waals surface area contributed by atoms with Gasteiger partial charge in [0.15, 0.2) is 5.60 Å². The van der Waals surface area contributed by atoms with Crippen molar-refractivity contribution in [3.8, 4) is 0 Å². The van der Waals surface area contributed by atoms with Crippen molar-refractivity contribution in [3.63, 3.8) is 0 Å². The minimum absolute atomic E-state index is 0.0936. The van der Waals surface area contributed by atoms with Gasteiger partial charge >= 0.3 is 30.1 Å². The first-order valence-electron chi connectivity index (χ1n) is 10.7. The Kier molecular flexibility index (Phi) is 8.63. The molecule has 0 rings (SSSR count). The van der Waals surface area contributed by atoms with Gasteiger partial charge in [-0.15, -0.1) is 0 Å². The van der Waals surface area contributed by atoms with Gasteiger partial charge in [0.05, 0.1) is 5.41 Å². The van der Waals surface area contributed by atoms with Gasteiger partial charge in [-0.25, -0.2) is 4.79 Å². The average Bonchev–Trinajstić information content (AvgIpc) is 2.44. The summed E-state index contributed by atoms with van der Waals surface area (Å²) in [6, 6.07) is 0. The Morgan fingerprint density at radius 1 is 0.618 bits per heavy atom. The summed E-state index contributed by atoms with van der Waals surface area (Å²) in [5.41, 5.74) is -13.0. The SMILES string of the molecule is CC(C)(C)CC(C)(C(=O)OC(C)(C)C(OC(=O)OC(C)(C)C)(C(F)(F)F)C(F)(F)F)C(C)(C)C. The lowest BCUT2D eigenvalue weighted by atomic mass is 9.61. The zero-order chi connectivity index (χ0) is 28.0. The Balaban J connectivity index is 6.81. The highest BCUT2D eigenvalue weighted by Gasteiger charge is 2.83. The van der Waals surface area contributed by atoms with Crippen molar-refractivity contribution >= 4 is 12.1 Å². The molecule has 0 heterocycles. The van der Waals surface area contributed by atoms with Gasteiger partial charge in [-0.3, -0.25) is 4.79 Å². The molecule has 0 aliphatic heterocycles. The molecule has 0 N–H and O–H groups in total. The lowest BCUT2D eigenvalue weighted by molar-refractivity contribution is -0.408. The molecule has 202 valence electrons. The lowest BCUT2D eigenvalue weighted by Gasteiger charge is -2.49. The molecule has 0 aromatic rings. The van der Waals surface area contributed by atoms with Crippen molar-refractivity contribution in [2.24, 2.45) is 16.2 Å². The molecule has 11 heteroatoms. The van der Waals surface area contributed by atoms with E-state index in [0.29, 0.717) is 13.8 Å². The van der Waals surface area contributed by atoms with Crippen molar-refractivity contribution < 1.29 is 50.1 Å². The Labute approximate surface area is 197 Å². The highest BCUT2D eigenvalue weighted by Crippen LogP contribution is 2.55. The molecule has 1 unspecified atom stereocenters. The number of hydrogen-bond acceptors (Lipinski definition) is 5. The molecule has 0 amide bonds. The number of carbonyl (C=O) groups excluding carboxylic acids is 2. The fourth-order valence-corrected chi connectivity index (χ4v) is 3.60. The third-order valence-corrected chi connectivity index (χ3v) is 5.61. The molecule has 0 bridgehead atoms. The average molecular weight is 509 g/mol. The standard InChI is InChI=1S/C23H38F6O5/c1-16(2,3)13-20(12,17(4,5)6)14(30)32-19(10,11)21(22(24,25)26,23(27,28)29)34-15(31)33-18(7,8)9/h13H2,1-12H3. The minimum Gasteiger partial charge on any atom is -0.454 e. The third kappa shape index (κ3) is 6.93. The van der Waals surface area contributed by atoms with Crippen molar-refractivity contribution in [1.29, 1.82) is 0 Å². The molecule has 0 aliphatic rings. The second kappa shape index (κ2) is 9.08. The maximum absolute atomic E-state index is 14.2. The van der Waals surface area contributed by atoms with Crippen LogP contribution in [0, 0.1) is 16.2 Å². The van der Waals surface area contributed by atoms with E-state index >= 15 is 0 Å². The van der Waals surface area contributed by atoms with Crippen molar-refractivity contribution in [2.45, 2.75) is 119 Å². The summed E-state index contributed by atoms with van der Waals surface area (Å²) in [5.74, 6) is -1.29. The second-order valence-corrected chi connectivity index (χ2v) is 12.5. The van der Waals surface area contributed by atoms with Crippen molar-refractivity contribution in [3.05, 3.63) is 0 Å². The van der Waals surface area contributed by atoms with Crippen molar-refractivity contribution in [2.75, 3.05) is 0 Å². The van der Waals surface area contributed by atoms with Crippen LogP contribution < -0.4 is 0 Å². The van der Waals surface area contributed by atoms with E-state index < -0.39 is 57.5 Å². The number of carbonyl (C=O) groups is 2. The molecule has 34 heavy (non-hydrogen) atoms. The maximum atomic E-state index is 14.2. The second-order valence-electron chi connectivity index (χ2n) is 12.5. The van der Waals surface area contributed by atoms with E-state index in [-0.39, 0.29) is 6.42 Å². The quantitative estimate of drug-likeness (QED) is 0.283. The zero-order valence-corrected chi connectivity index (χ0v) is 22.0. The minimum atomic E-state index is -6.21. The summed E-state index contributed by atoms with van der Waals surface area (Å²) in [7, 11) is 0. The zero-order valence-electron chi connectivity index (χ0n) is 22.0. The van der Waals surface area contributed by atoms with Gasteiger partial charge < -0.3 is 14.2 Å². The van der Waals surface area contributed by atoms with Crippen LogP contribution in [-0.2, 0) is 19.0 Å². The van der Waals surface area contributed by atoms with Crippen LogP contribution in [-0.4, -0.2) is 41.3 Å². The summed E-state index contributed by atoms with van der Waals surface area (Å²) < 4.78 is 98.6. The van der Waals surface area contributed by atoms with Gasteiger partial charge in [0.25, 0.3) is 0 Å². The van der Waals surface area contributed by atoms with E-state index in [2.05, 4.69) is 9.47 Å². The summed E-state index contributed by atoms with van der Waals surface area (Å²) >= 11 is 0. The van der Waals surface area contributed by atoms with E-state index in [1.165, 1.54) is 27.7 Å². The van der Waals surface area contributed by atoms with Gasteiger partial charge in [-0.05, 0) is 58.8 Å². The van der Waals surface area contributed by atoms with Crippen LogP contribution in [0.4, 0.5) is 31.1 Å². The molecule has 0 fully saturated rings. The maximum Gasteiger partial charge on any atom is 0.510 e. The summed E-state index contributed by atoms with van der Waals surface area (Å²) in [6.07, 6.45) is -14.5. The Morgan fingerprint density at radius 3 is 1.26 bits per heavy atom. The van der Waals surface area contributed by atoms with Gasteiger partial charge in [0.2, 0.25) is 0 Å². The van der Waals surface area contributed by atoms with E-state index in [1.807, 2.05) is 0 Å². The van der Waals surface area contributed by atoms with Crippen LogP contribution >= 0.6 is 0 Å². The van der Waals surface area contributed by atoms with Gasteiger partial charge in [0.1, 0.15) is 5.60 Å². The molecule has 0 saturated heterocycles. The molecule has 1 atom stereocenters. The van der Waals surface area contributed by atoms with Gasteiger partial charge in [-0.1, -0.05) is 41.5 Å². The fourth-order valence-electron chi connectivity index (χ4n) is 3.60. The van der Waals surface area contributed by atoms with Crippen LogP contribution in [0.5, 0.6) is 0 Å². The number of esters is 1. The first kappa shape index (κ1) is 32.3. The predicted molar refractivity (Wildman–Crippen MR) is 114 cm³/mol. The van der Waals surface area contributed by atoms with Crippen LogP contribution in [0.15, 0.2) is 0 Å². The topological polar surface area (TPSA) is 61.8 Å². The highest BCUT2D eigenvalue weighted by atomic mass is 19.4. The molecule has 0 spiro atoms. The van der Waals surface area contributed by atoms with E-state index in [1.54, 1.807) is 41.5 Å².